The molecule has 1 aromatic heterocycles. The lowest BCUT2D eigenvalue weighted by Gasteiger charge is -2.29. The predicted octanol–water partition coefficient (Wildman–Crippen LogP) is 1.04. The first-order valence-corrected chi connectivity index (χ1v) is 8.73. The van der Waals surface area contributed by atoms with Crippen molar-refractivity contribution in [3.63, 3.8) is 0 Å². The van der Waals surface area contributed by atoms with E-state index in [1.165, 1.54) is 0 Å². The molecule has 0 saturated carbocycles. The molecular formula is C19H19N5O3. The van der Waals surface area contributed by atoms with Gasteiger partial charge < -0.3 is 16.0 Å². The van der Waals surface area contributed by atoms with Crippen molar-refractivity contribution >= 4 is 29.2 Å². The molecule has 2 aliphatic rings. The summed E-state index contributed by atoms with van der Waals surface area (Å²) in [7, 11) is 0. The van der Waals surface area contributed by atoms with Crippen LogP contribution in [-0.4, -0.2) is 33.6 Å². The number of hydrogen-bond donors (Lipinski definition) is 3. The molecule has 8 heteroatoms. The van der Waals surface area contributed by atoms with Gasteiger partial charge >= 0.3 is 0 Å². The normalized spacial score (nSPS) is 19.0. The van der Waals surface area contributed by atoms with Crippen LogP contribution in [0.3, 0.4) is 0 Å². The van der Waals surface area contributed by atoms with Gasteiger partial charge in [0.2, 0.25) is 11.8 Å². The number of carbonyl (C=O) groups excluding carboxylic acids is 3. The number of imide groups is 1. The van der Waals surface area contributed by atoms with Crippen LogP contribution >= 0.6 is 0 Å². The number of rotatable bonds is 4. The first kappa shape index (κ1) is 17.0. The van der Waals surface area contributed by atoms with E-state index >= 15 is 0 Å². The number of nitrogen functional groups attached to an aromatic ring is 1. The Bertz CT molecular complexity index is 943. The minimum absolute atomic E-state index is 0.170. The summed E-state index contributed by atoms with van der Waals surface area (Å²) in [5.74, 6) is -0.181. The Balaban J connectivity index is 1.47. The summed E-state index contributed by atoms with van der Waals surface area (Å²) in [6.45, 7) is 0.904. The van der Waals surface area contributed by atoms with Crippen molar-refractivity contribution in [1.82, 2.24) is 15.2 Å². The highest BCUT2D eigenvalue weighted by atomic mass is 16.2. The number of amides is 3. The quantitative estimate of drug-likeness (QED) is 0.697. The van der Waals surface area contributed by atoms with E-state index in [0.29, 0.717) is 36.6 Å². The average Bonchev–Trinajstić information content (AvgIpc) is 2.96. The van der Waals surface area contributed by atoms with E-state index in [0.717, 1.165) is 11.1 Å². The second-order valence-electron chi connectivity index (χ2n) is 6.72. The van der Waals surface area contributed by atoms with E-state index in [-0.39, 0.29) is 18.2 Å². The zero-order valence-corrected chi connectivity index (χ0v) is 14.6. The van der Waals surface area contributed by atoms with Crippen LogP contribution in [0.25, 0.3) is 0 Å². The van der Waals surface area contributed by atoms with Crippen molar-refractivity contribution in [1.29, 1.82) is 0 Å². The standard InChI is InChI=1S/C19H19N5O3/c20-13-5-6-21-16(8-13)22-9-11-1-2-14-12(7-11)10-24(19(14)27)15-3-4-17(25)23-18(15)26/h1-2,5-8,15H,3-4,9-10H2,(H3,20,21,22)(H,23,25,26). The fourth-order valence-corrected chi connectivity index (χ4v) is 3.47. The Kier molecular flexibility index (Phi) is 4.23. The van der Waals surface area contributed by atoms with Crippen LogP contribution in [0, 0.1) is 0 Å². The molecule has 4 rings (SSSR count). The molecule has 3 heterocycles. The molecule has 27 heavy (non-hydrogen) atoms. The van der Waals surface area contributed by atoms with Crippen molar-refractivity contribution in [3.05, 3.63) is 53.2 Å². The Labute approximate surface area is 155 Å². The highest BCUT2D eigenvalue weighted by Gasteiger charge is 2.38. The van der Waals surface area contributed by atoms with E-state index in [9.17, 15) is 14.4 Å². The van der Waals surface area contributed by atoms with E-state index < -0.39 is 11.9 Å². The summed E-state index contributed by atoms with van der Waals surface area (Å²) in [5, 5.41) is 5.51. The van der Waals surface area contributed by atoms with Crippen LogP contribution in [0.1, 0.15) is 34.3 Å². The van der Waals surface area contributed by atoms with Gasteiger partial charge in [0.1, 0.15) is 11.9 Å². The van der Waals surface area contributed by atoms with Crippen molar-refractivity contribution in [3.8, 4) is 0 Å². The highest BCUT2D eigenvalue weighted by molar-refractivity contribution is 6.05. The summed E-state index contributed by atoms with van der Waals surface area (Å²) in [5.41, 5.74) is 8.86. The lowest BCUT2D eigenvalue weighted by atomic mass is 10.0. The van der Waals surface area contributed by atoms with Crippen LogP contribution in [0.15, 0.2) is 36.5 Å². The third kappa shape index (κ3) is 3.33. The van der Waals surface area contributed by atoms with Gasteiger partial charge in [-0.15, -0.1) is 0 Å². The summed E-state index contributed by atoms with van der Waals surface area (Å²) in [6, 6.07) is 8.49. The Morgan fingerprint density at radius 2 is 2.07 bits per heavy atom. The van der Waals surface area contributed by atoms with E-state index in [1.807, 2.05) is 12.1 Å². The van der Waals surface area contributed by atoms with Crippen molar-refractivity contribution in [2.45, 2.75) is 32.0 Å². The Morgan fingerprint density at radius 3 is 2.85 bits per heavy atom. The van der Waals surface area contributed by atoms with Gasteiger partial charge in [0, 0.05) is 43.0 Å². The van der Waals surface area contributed by atoms with Crippen LogP contribution < -0.4 is 16.4 Å². The molecule has 0 aliphatic carbocycles. The van der Waals surface area contributed by atoms with Gasteiger partial charge in [-0.1, -0.05) is 12.1 Å². The molecule has 3 amide bonds. The van der Waals surface area contributed by atoms with Crippen molar-refractivity contribution in [2.75, 3.05) is 11.1 Å². The molecule has 1 atom stereocenters. The van der Waals surface area contributed by atoms with Crippen molar-refractivity contribution in [2.24, 2.45) is 0 Å². The minimum Gasteiger partial charge on any atom is -0.399 e. The van der Waals surface area contributed by atoms with Crippen LogP contribution in [0.4, 0.5) is 11.5 Å². The molecule has 1 aromatic carbocycles. The number of piperidine rings is 1. The van der Waals surface area contributed by atoms with Crippen LogP contribution in [-0.2, 0) is 22.7 Å². The maximum atomic E-state index is 12.7. The number of aromatic nitrogens is 1. The minimum atomic E-state index is -0.597. The molecular weight excluding hydrogens is 346 g/mol. The molecule has 0 radical (unpaired) electrons. The number of benzene rings is 1. The number of nitrogens with two attached hydrogens (primary N) is 1. The number of anilines is 2. The zero-order valence-electron chi connectivity index (χ0n) is 14.6. The molecule has 0 bridgehead atoms. The first-order chi connectivity index (χ1) is 13.0. The highest BCUT2D eigenvalue weighted by Crippen LogP contribution is 2.28. The summed E-state index contributed by atoms with van der Waals surface area (Å²) < 4.78 is 0. The molecule has 1 fully saturated rings. The number of hydrogen-bond acceptors (Lipinski definition) is 6. The van der Waals surface area contributed by atoms with Gasteiger partial charge in [0.25, 0.3) is 5.91 Å². The van der Waals surface area contributed by atoms with Gasteiger partial charge in [-0.2, -0.15) is 0 Å². The second kappa shape index (κ2) is 6.71. The average molecular weight is 365 g/mol. The summed E-state index contributed by atoms with van der Waals surface area (Å²) in [6.07, 6.45) is 2.25. The van der Waals surface area contributed by atoms with Gasteiger partial charge in [-0.3, -0.25) is 19.7 Å². The van der Waals surface area contributed by atoms with Crippen LogP contribution in [0.5, 0.6) is 0 Å². The fourth-order valence-electron chi connectivity index (χ4n) is 3.47. The topological polar surface area (TPSA) is 117 Å². The molecule has 0 spiro atoms. The third-order valence-electron chi connectivity index (χ3n) is 4.85. The maximum absolute atomic E-state index is 12.7. The molecule has 4 N–H and O–H groups in total. The number of carbonyl (C=O) groups is 3. The Hall–Kier alpha value is -3.42. The monoisotopic (exact) mass is 365 g/mol. The van der Waals surface area contributed by atoms with E-state index in [2.05, 4.69) is 15.6 Å². The summed E-state index contributed by atoms with van der Waals surface area (Å²) >= 11 is 0. The SMILES string of the molecule is Nc1ccnc(NCc2ccc3c(c2)CN(C2CCC(=O)NC2=O)C3=O)c1. The maximum Gasteiger partial charge on any atom is 0.255 e. The number of nitrogens with zero attached hydrogens (tertiary/aromatic N) is 2. The van der Waals surface area contributed by atoms with Gasteiger partial charge in [-0.05, 0) is 29.7 Å². The molecule has 1 saturated heterocycles. The molecule has 2 aliphatic heterocycles. The molecule has 138 valence electrons. The first-order valence-electron chi connectivity index (χ1n) is 8.73. The fraction of sp³-hybridized carbons (Fsp3) is 0.263. The second-order valence-corrected chi connectivity index (χ2v) is 6.72. The predicted molar refractivity (Wildman–Crippen MR) is 98.5 cm³/mol. The number of pyridine rings is 1. The molecule has 2 aromatic rings. The van der Waals surface area contributed by atoms with E-state index in [4.69, 9.17) is 5.73 Å². The number of nitrogens with one attached hydrogen (secondary N) is 2. The van der Waals surface area contributed by atoms with Crippen molar-refractivity contribution < 1.29 is 14.4 Å². The molecule has 1 unspecified atom stereocenters. The smallest absolute Gasteiger partial charge is 0.255 e. The number of fused-ring (bicyclic) bond motifs is 1. The zero-order chi connectivity index (χ0) is 19.0. The Morgan fingerprint density at radius 1 is 1.22 bits per heavy atom. The van der Waals surface area contributed by atoms with E-state index in [1.54, 1.807) is 29.3 Å². The summed E-state index contributed by atoms with van der Waals surface area (Å²) in [4.78, 5) is 41.8. The third-order valence-corrected chi connectivity index (χ3v) is 4.85. The van der Waals surface area contributed by atoms with Crippen LogP contribution in [0.2, 0.25) is 0 Å². The molecule has 8 nitrogen and oxygen atoms in total. The largest absolute Gasteiger partial charge is 0.399 e. The lowest BCUT2D eigenvalue weighted by molar-refractivity contribution is -0.136. The lowest BCUT2D eigenvalue weighted by Crippen LogP contribution is -2.52. The van der Waals surface area contributed by atoms with Gasteiger partial charge in [0.05, 0.1) is 0 Å². The van der Waals surface area contributed by atoms with Gasteiger partial charge in [0.15, 0.2) is 0 Å². The van der Waals surface area contributed by atoms with Gasteiger partial charge in [-0.25, -0.2) is 4.98 Å².